The molecule has 1 saturated heterocycles. The maximum atomic E-state index is 12.0. The van der Waals surface area contributed by atoms with Crippen LogP contribution in [-0.2, 0) is 19.2 Å². The summed E-state index contributed by atoms with van der Waals surface area (Å²) in [5, 5.41) is 5.79. The molecular formula is C17H29N3O4. The first kappa shape index (κ1) is 20.3. The largest absolute Gasteiger partial charge is 0.345 e. The molecule has 0 radical (unpaired) electrons. The molecule has 3 amide bonds. The fourth-order valence-corrected chi connectivity index (χ4v) is 2.59. The summed E-state index contributed by atoms with van der Waals surface area (Å²) in [4.78, 5) is 48.2. The van der Waals surface area contributed by atoms with Crippen LogP contribution < -0.4 is 10.6 Å². The summed E-state index contributed by atoms with van der Waals surface area (Å²) in [7, 11) is 0. The number of ketones is 1. The number of nitrogens with one attached hydrogen (secondary N) is 2. The first-order valence-corrected chi connectivity index (χ1v) is 8.73. The van der Waals surface area contributed by atoms with E-state index >= 15 is 0 Å². The molecule has 136 valence electrons. The van der Waals surface area contributed by atoms with E-state index in [-0.39, 0.29) is 36.1 Å². The predicted molar refractivity (Wildman–Crippen MR) is 90.2 cm³/mol. The van der Waals surface area contributed by atoms with E-state index < -0.39 is 6.04 Å². The lowest BCUT2D eigenvalue weighted by atomic mass is 10.0. The number of unbranched alkanes of at least 4 members (excludes halogenated alkanes) is 1. The van der Waals surface area contributed by atoms with Crippen molar-refractivity contribution >= 4 is 23.5 Å². The summed E-state index contributed by atoms with van der Waals surface area (Å²) < 4.78 is 0. The van der Waals surface area contributed by atoms with Crippen LogP contribution >= 0.6 is 0 Å². The zero-order valence-electron chi connectivity index (χ0n) is 14.9. The third-order valence-electron chi connectivity index (χ3n) is 4.02. The SMILES string of the molecule is CCC(=O)[C@H](CCCCN1C(=O)CCC1=O)NC(=O)CNC(C)C. The molecule has 0 bridgehead atoms. The molecule has 1 heterocycles. The van der Waals surface area contributed by atoms with E-state index in [1.165, 1.54) is 4.90 Å². The normalized spacial score (nSPS) is 15.9. The van der Waals surface area contributed by atoms with Crippen molar-refractivity contribution in [2.24, 2.45) is 0 Å². The van der Waals surface area contributed by atoms with Gasteiger partial charge in [-0.05, 0) is 19.3 Å². The van der Waals surface area contributed by atoms with Crippen molar-refractivity contribution in [1.29, 1.82) is 0 Å². The lowest BCUT2D eigenvalue weighted by Crippen LogP contribution is -2.45. The molecule has 0 aromatic heterocycles. The number of rotatable bonds is 11. The third-order valence-corrected chi connectivity index (χ3v) is 4.02. The van der Waals surface area contributed by atoms with E-state index in [0.717, 1.165) is 0 Å². The predicted octanol–water partition coefficient (Wildman–Crippen LogP) is 0.768. The van der Waals surface area contributed by atoms with Gasteiger partial charge < -0.3 is 10.6 Å². The highest BCUT2D eigenvalue weighted by molar-refractivity contribution is 6.01. The zero-order chi connectivity index (χ0) is 18.1. The van der Waals surface area contributed by atoms with Gasteiger partial charge in [-0.25, -0.2) is 0 Å². The fraction of sp³-hybridized carbons (Fsp3) is 0.765. The summed E-state index contributed by atoms with van der Waals surface area (Å²) in [6, 6.07) is -0.298. The Morgan fingerprint density at radius 3 is 2.29 bits per heavy atom. The standard InChI is InChI=1S/C17H29N3O4/c1-4-14(21)13(19-15(22)11-18-12(2)3)7-5-6-10-20-16(23)8-9-17(20)24/h12-13,18H,4-11H2,1-3H3,(H,19,22)/t13-/m0/s1. The van der Waals surface area contributed by atoms with Gasteiger partial charge in [0, 0.05) is 31.8 Å². The molecule has 1 aliphatic rings. The van der Waals surface area contributed by atoms with Crippen LogP contribution in [0.15, 0.2) is 0 Å². The average Bonchev–Trinajstić information content (AvgIpc) is 2.86. The van der Waals surface area contributed by atoms with Crippen LogP contribution in [0.1, 0.15) is 59.3 Å². The van der Waals surface area contributed by atoms with Crippen LogP contribution in [0, 0.1) is 0 Å². The van der Waals surface area contributed by atoms with E-state index in [1.807, 2.05) is 13.8 Å². The molecular weight excluding hydrogens is 310 g/mol. The molecule has 24 heavy (non-hydrogen) atoms. The molecule has 1 aliphatic heterocycles. The van der Waals surface area contributed by atoms with E-state index in [0.29, 0.717) is 45.1 Å². The number of carbonyl (C=O) groups excluding carboxylic acids is 4. The highest BCUT2D eigenvalue weighted by Crippen LogP contribution is 2.13. The van der Waals surface area contributed by atoms with Crippen molar-refractivity contribution in [1.82, 2.24) is 15.5 Å². The van der Waals surface area contributed by atoms with Gasteiger partial charge in [-0.2, -0.15) is 0 Å². The van der Waals surface area contributed by atoms with Gasteiger partial charge >= 0.3 is 0 Å². The summed E-state index contributed by atoms with van der Waals surface area (Å²) in [5.74, 6) is -0.426. The molecule has 7 nitrogen and oxygen atoms in total. The minimum Gasteiger partial charge on any atom is -0.345 e. The Bertz CT molecular complexity index is 460. The second-order valence-electron chi connectivity index (χ2n) is 6.41. The zero-order valence-corrected chi connectivity index (χ0v) is 14.9. The number of amides is 3. The Morgan fingerprint density at radius 1 is 1.12 bits per heavy atom. The van der Waals surface area contributed by atoms with Crippen molar-refractivity contribution in [2.75, 3.05) is 13.1 Å². The molecule has 0 aromatic carbocycles. The molecule has 1 fully saturated rings. The molecule has 0 unspecified atom stereocenters. The van der Waals surface area contributed by atoms with Gasteiger partial charge in [0.2, 0.25) is 17.7 Å². The van der Waals surface area contributed by atoms with Crippen molar-refractivity contribution < 1.29 is 19.2 Å². The van der Waals surface area contributed by atoms with Crippen LogP contribution in [-0.4, -0.2) is 53.6 Å². The number of hydrogen-bond donors (Lipinski definition) is 2. The van der Waals surface area contributed by atoms with Crippen LogP contribution in [0.3, 0.4) is 0 Å². The molecule has 0 saturated carbocycles. The summed E-state index contributed by atoms with van der Waals surface area (Å²) in [5.41, 5.74) is 0. The quantitative estimate of drug-likeness (QED) is 0.428. The smallest absolute Gasteiger partial charge is 0.234 e. The van der Waals surface area contributed by atoms with Crippen molar-refractivity contribution in [3.8, 4) is 0 Å². The Morgan fingerprint density at radius 2 is 1.75 bits per heavy atom. The molecule has 0 aromatic rings. The maximum absolute atomic E-state index is 12.0. The first-order valence-electron chi connectivity index (χ1n) is 8.73. The minimum absolute atomic E-state index is 0.00113. The summed E-state index contributed by atoms with van der Waals surface area (Å²) in [6.07, 6.45) is 2.81. The lowest BCUT2D eigenvalue weighted by Gasteiger charge is -2.19. The van der Waals surface area contributed by atoms with Gasteiger partial charge in [0.25, 0.3) is 0 Å². The van der Waals surface area contributed by atoms with Gasteiger partial charge in [0.05, 0.1) is 12.6 Å². The fourth-order valence-electron chi connectivity index (χ4n) is 2.59. The second-order valence-corrected chi connectivity index (χ2v) is 6.41. The molecule has 7 heteroatoms. The van der Waals surface area contributed by atoms with Crippen LogP contribution in [0.5, 0.6) is 0 Å². The second kappa shape index (κ2) is 10.2. The van der Waals surface area contributed by atoms with E-state index in [1.54, 1.807) is 6.92 Å². The topological polar surface area (TPSA) is 95.6 Å². The van der Waals surface area contributed by atoms with E-state index in [2.05, 4.69) is 10.6 Å². The van der Waals surface area contributed by atoms with Gasteiger partial charge in [-0.1, -0.05) is 20.8 Å². The van der Waals surface area contributed by atoms with Gasteiger partial charge in [-0.3, -0.25) is 24.1 Å². The van der Waals surface area contributed by atoms with Crippen LogP contribution in [0.4, 0.5) is 0 Å². The summed E-state index contributed by atoms with van der Waals surface area (Å²) >= 11 is 0. The number of imide groups is 1. The Labute approximate surface area is 143 Å². The monoisotopic (exact) mass is 339 g/mol. The number of likely N-dealkylation sites (tertiary alicyclic amines) is 1. The van der Waals surface area contributed by atoms with Gasteiger partial charge in [0.15, 0.2) is 5.78 Å². The number of nitrogens with zero attached hydrogens (tertiary/aromatic N) is 1. The van der Waals surface area contributed by atoms with Crippen molar-refractivity contribution in [3.63, 3.8) is 0 Å². The van der Waals surface area contributed by atoms with Crippen LogP contribution in [0.2, 0.25) is 0 Å². The molecule has 1 atom stereocenters. The summed E-state index contributed by atoms with van der Waals surface area (Å²) in [6.45, 7) is 6.25. The molecule has 0 aliphatic carbocycles. The third kappa shape index (κ3) is 6.78. The van der Waals surface area contributed by atoms with Crippen molar-refractivity contribution in [3.05, 3.63) is 0 Å². The number of carbonyl (C=O) groups is 4. The van der Waals surface area contributed by atoms with Crippen LogP contribution in [0.25, 0.3) is 0 Å². The molecule has 2 N–H and O–H groups in total. The first-order chi connectivity index (χ1) is 11.3. The molecule has 1 rings (SSSR count). The number of hydrogen-bond acceptors (Lipinski definition) is 5. The maximum Gasteiger partial charge on any atom is 0.234 e. The Balaban J connectivity index is 2.37. The number of Topliss-reactive ketones (excluding diaryl/α,β-unsaturated/α-hetero) is 1. The highest BCUT2D eigenvalue weighted by atomic mass is 16.2. The minimum atomic E-state index is -0.499. The highest BCUT2D eigenvalue weighted by Gasteiger charge is 2.28. The molecule has 0 spiro atoms. The van der Waals surface area contributed by atoms with E-state index in [9.17, 15) is 19.2 Å². The Kier molecular flexibility index (Phi) is 8.60. The average molecular weight is 339 g/mol. The van der Waals surface area contributed by atoms with Gasteiger partial charge in [0.1, 0.15) is 0 Å². The lowest BCUT2D eigenvalue weighted by molar-refractivity contribution is -0.138. The van der Waals surface area contributed by atoms with Gasteiger partial charge in [-0.15, -0.1) is 0 Å². The van der Waals surface area contributed by atoms with Crippen molar-refractivity contribution in [2.45, 2.75) is 71.4 Å². The Hall–Kier alpha value is -1.76. The van der Waals surface area contributed by atoms with E-state index in [4.69, 9.17) is 0 Å².